The number of nitro benzene ring substituents is 1. The van der Waals surface area contributed by atoms with Crippen molar-refractivity contribution < 1.29 is 19.2 Å². The minimum atomic E-state index is -0.505. The smallest absolute Gasteiger partial charge is 0.269 e. The summed E-state index contributed by atoms with van der Waals surface area (Å²) < 4.78 is 5.36. The van der Waals surface area contributed by atoms with Gasteiger partial charge in [-0.1, -0.05) is 12.1 Å². The lowest BCUT2D eigenvalue weighted by Crippen LogP contribution is -2.49. The number of carbonyl (C=O) groups is 2. The topological polar surface area (TPSA) is 131 Å². The van der Waals surface area contributed by atoms with Crippen molar-refractivity contribution >= 4 is 29.1 Å². The van der Waals surface area contributed by atoms with Crippen LogP contribution >= 0.6 is 0 Å². The van der Waals surface area contributed by atoms with Gasteiger partial charge < -0.3 is 19.9 Å². The lowest BCUT2D eigenvalue weighted by atomic mass is 10.1. The molecule has 0 spiro atoms. The van der Waals surface area contributed by atoms with Crippen LogP contribution in [0.3, 0.4) is 0 Å². The van der Waals surface area contributed by atoms with E-state index in [0.29, 0.717) is 43.6 Å². The Balaban J connectivity index is 1.21. The maximum absolute atomic E-state index is 12.7. The molecule has 1 aliphatic heterocycles. The van der Waals surface area contributed by atoms with Crippen molar-refractivity contribution in [1.82, 2.24) is 14.9 Å². The zero-order valence-electron chi connectivity index (χ0n) is 18.9. The number of amides is 2. The number of non-ortho nitro benzene ring substituents is 1. The highest BCUT2D eigenvalue weighted by molar-refractivity contribution is 5.92. The highest BCUT2D eigenvalue weighted by Crippen LogP contribution is 2.18. The molecular formula is C24H24N6O5. The van der Waals surface area contributed by atoms with Gasteiger partial charge in [-0.25, -0.2) is 9.97 Å². The largest absolute Gasteiger partial charge is 0.484 e. The first-order valence-corrected chi connectivity index (χ1v) is 11.0. The molecule has 2 amide bonds. The maximum atomic E-state index is 12.7. The molecule has 4 rings (SSSR count). The SMILES string of the molecule is O=C(COc1ccc([N+](=O)[O-])cc1)Nc1ccc(CC(=O)N2CCN(c3ncccn3)CC2)cc1. The van der Waals surface area contributed by atoms with Crippen LogP contribution < -0.4 is 15.0 Å². The molecule has 3 aromatic rings. The van der Waals surface area contributed by atoms with Gasteiger partial charge >= 0.3 is 0 Å². The van der Waals surface area contributed by atoms with Crippen molar-refractivity contribution in [3.63, 3.8) is 0 Å². The summed E-state index contributed by atoms with van der Waals surface area (Å²) in [6.45, 7) is 2.35. The maximum Gasteiger partial charge on any atom is 0.269 e. The molecule has 0 aliphatic carbocycles. The van der Waals surface area contributed by atoms with Crippen LogP contribution in [0.2, 0.25) is 0 Å². The number of nitrogens with one attached hydrogen (secondary N) is 1. The van der Waals surface area contributed by atoms with Crippen LogP contribution in [0.25, 0.3) is 0 Å². The summed E-state index contributed by atoms with van der Waals surface area (Å²) in [5, 5.41) is 13.4. The predicted octanol–water partition coefficient (Wildman–Crippen LogP) is 2.29. The molecule has 0 bridgehead atoms. The standard InChI is InChI=1S/C24H24N6O5/c31-22(17-35-21-8-6-20(7-9-21)30(33)34)27-19-4-2-18(3-5-19)16-23(32)28-12-14-29(15-13-28)24-25-10-1-11-26-24/h1-11H,12-17H2,(H,27,31). The van der Waals surface area contributed by atoms with E-state index in [-0.39, 0.29) is 30.5 Å². The quantitative estimate of drug-likeness (QED) is 0.387. The van der Waals surface area contributed by atoms with Gasteiger partial charge in [0.15, 0.2) is 6.61 Å². The molecule has 0 unspecified atom stereocenters. The molecular weight excluding hydrogens is 452 g/mol. The average molecular weight is 476 g/mol. The molecule has 0 radical (unpaired) electrons. The van der Waals surface area contributed by atoms with Gasteiger partial charge in [-0.3, -0.25) is 19.7 Å². The van der Waals surface area contributed by atoms with Gasteiger partial charge in [0.25, 0.3) is 11.6 Å². The Kier molecular flexibility index (Phi) is 7.46. The first kappa shape index (κ1) is 23.6. The molecule has 1 aromatic heterocycles. The summed E-state index contributed by atoms with van der Waals surface area (Å²) in [5.41, 5.74) is 1.38. The van der Waals surface area contributed by atoms with E-state index in [4.69, 9.17) is 4.74 Å². The van der Waals surface area contributed by atoms with E-state index in [1.807, 2.05) is 4.90 Å². The number of aromatic nitrogens is 2. The molecule has 1 aliphatic rings. The summed E-state index contributed by atoms with van der Waals surface area (Å²) >= 11 is 0. The van der Waals surface area contributed by atoms with Gasteiger partial charge in [-0.15, -0.1) is 0 Å². The number of carbonyl (C=O) groups excluding carboxylic acids is 2. The van der Waals surface area contributed by atoms with Gasteiger partial charge in [0.2, 0.25) is 11.9 Å². The van der Waals surface area contributed by atoms with Gasteiger partial charge in [-0.2, -0.15) is 0 Å². The molecule has 180 valence electrons. The second kappa shape index (κ2) is 11.1. The van der Waals surface area contributed by atoms with Gasteiger partial charge in [-0.05, 0) is 35.9 Å². The van der Waals surface area contributed by atoms with Crippen molar-refractivity contribution in [3.8, 4) is 5.75 Å². The predicted molar refractivity (Wildman–Crippen MR) is 128 cm³/mol. The lowest BCUT2D eigenvalue weighted by Gasteiger charge is -2.34. The highest BCUT2D eigenvalue weighted by Gasteiger charge is 2.22. The molecule has 11 heteroatoms. The molecule has 1 fully saturated rings. The van der Waals surface area contributed by atoms with Crippen LogP contribution in [-0.2, 0) is 16.0 Å². The molecule has 11 nitrogen and oxygen atoms in total. The normalized spacial score (nSPS) is 13.3. The third kappa shape index (κ3) is 6.50. The van der Waals surface area contributed by atoms with Crippen molar-refractivity contribution in [2.45, 2.75) is 6.42 Å². The second-order valence-corrected chi connectivity index (χ2v) is 7.88. The van der Waals surface area contributed by atoms with E-state index >= 15 is 0 Å². The van der Waals surface area contributed by atoms with E-state index in [0.717, 1.165) is 5.56 Å². The first-order chi connectivity index (χ1) is 17.0. The number of nitrogens with zero attached hydrogens (tertiary/aromatic N) is 5. The number of nitro groups is 1. The van der Waals surface area contributed by atoms with E-state index in [2.05, 4.69) is 20.2 Å². The number of hydrogen-bond acceptors (Lipinski definition) is 8. The van der Waals surface area contributed by atoms with E-state index < -0.39 is 4.92 Å². The van der Waals surface area contributed by atoms with Crippen LogP contribution in [0.5, 0.6) is 5.75 Å². The number of hydrogen-bond donors (Lipinski definition) is 1. The van der Waals surface area contributed by atoms with E-state index in [1.54, 1.807) is 42.7 Å². The Hall–Kier alpha value is -4.54. The fourth-order valence-electron chi connectivity index (χ4n) is 3.61. The number of ether oxygens (including phenoxy) is 1. The summed E-state index contributed by atoms with van der Waals surface area (Å²) in [7, 11) is 0. The van der Waals surface area contributed by atoms with Crippen LogP contribution in [-0.4, -0.2) is 64.4 Å². The van der Waals surface area contributed by atoms with Crippen LogP contribution in [0.4, 0.5) is 17.3 Å². The number of rotatable bonds is 8. The second-order valence-electron chi connectivity index (χ2n) is 7.88. The Bertz CT molecular complexity index is 1160. The summed E-state index contributed by atoms with van der Waals surface area (Å²) in [6, 6.07) is 14.3. The van der Waals surface area contributed by atoms with Crippen LogP contribution in [0, 0.1) is 10.1 Å². The minimum Gasteiger partial charge on any atom is -0.484 e. The number of piperazine rings is 1. The van der Waals surface area contributed by atoms with Crippen LogP contribution in [0.1, 0.15) is 5.56 Å². The third-order valence-corrected chi connectivity index (χ3v) is 5.48. The van der Waals surface area contributed by atoms with Crippen molar-refractivity contribution in [2.75, 3.05) is 43.0 Å². The molecule has 1 saturated heterocycles. The van der Waals surface area contributed by atoms with Crippen molar-refractivity contribution in [3.05, 3.63) is 82.7 Å². The third-order valence-electron chi connectivity index (χ3n) is 5.48. The van der Waals surface area contributed by atoms with Gasteiger partial charge in [0, 0.05) is 56.4 Å². The monoisotopic (exact) mass is 476 g/mol. The summed E-state index contributed by atoms with van der Waals surface area (Å²) in [5.74, 6) is 0.714. The fourth-order valence-corrected chi connectivity index (χ4v) is 3.61. The van der Waals surface area contributed by atoms with Crippen molar-refractivity contribution in [1.29, 1.82) is 0 Å². The van der Waals surface area contributed by atoms with Crippen molar-refractivity contribution in [2.24, 2.45) is 0 Å². The van der Waals surface area contributed by atoms with Crippen LogP contribution in [0.15, 0.2) is 67.0 Å². The summed E-state index contributed by atoms with van der Waals surface area (Å²) in [4.78, 5) is 47.4. The highest BCUT2D eigenvalue weighted by atomic mass is 16.6. The number of anilines is 2. The Morgan fingerprint density at radius 1 is 0.971 bits per heavy atom. The van der Waals surface area contributed by atoms with Gasteiger partial charge in [0.05, 0.1) is 11.3 Å². The zero-order valence-corrected chi connectivity index (χ0v) is 18.9. The minimum absolute atomic E-state index is 0.0481. The zero-order chi connectivity index (χ0) is 24.6. The van der Waals surface area contributed by atoms with E-state index in [9.17, 15) is 19.7 Å². The molecule has 2 heterocycles. The first-order valence-electron chi connectivity index (χ1n) is 11.0. The summed E-state index contributed by atoms with van der Waals surface area (Å²) in [6.07, 6.45) is 3.69. The molecule has 0 saturated carbocycles. The Labute approximate surface area is 201 Å². The Morgan fingerprint density at radius 2 is 1.63 bits per heavy atom. The van der Waals surface area contributed by atoms with E-state index in [1.165, 1.54) is 24.3 Å². The molecule has 1 N–H and O–H groups in total. The number of benzene rings is 2. The Morgan fingerprint density at radius 3 is 2.26 bits per heavy atom. The lowest BCUT2D eigenvalue weighted by molar-refractivity contribution is -0.384. The average Bonchev–Trinajstić information content (AvgIpc) is 2.89. The fraction of sp³-hybridized carbons (Fsp3) is 0.250. The molecule has 2 aromatic carbocycles. The van der Waals surface area contributed by atoms with Gasteiger partial charge in [0.1, 0.15) is 5.75 Å². The molecule has 0 atom stereocenters. The molecule has 35 heavy (non-hydrogen) atoms.